The summed E-state index contributed by atoms with van der Waals surface area (Å²) in [5.41, 5.74) is 0.981. The molecule has 0 amide bonds. The second-order valence-corrected chi connectivity index (χ2v) is 5.21. The Morgan fingerprint density at radius 3 is 2.68 bits per heavy atom. The van der Waals surface area contributed by atoms with E-state index >= 15 is 0 Å². The minimum absolute atomic E-state index is 0.136. The molecule has 19 heavy (non-hydrogen) atoms. The molecule has 2 unspecified atom stereocenters. The van der Waals surface area contributed by atoms with Crippen LogP contribution in [0.2, 0.25) is 0 Å². The molecule has 1 aromatic heterocycles. The third kappa shape index (κ3) is 3.74. The maximum Gasteiger partial charge on any atom is 0.0813 e. The van der Waals surface area contributed by atoms with Gasteiger partial charge in [-0.3, -0.25) is 9.97 Å². The van der Waals surface area contributed by atoms with Crippen LogP contribution >= 0.6 is 0 Å². The van der Waals surface area contributed by atoms with Crippen LogP contribution < -0.4 is 5.32 Å². The number of rotatable bonds is 6. The largest absolute Gasteiger partial charge is 0.376 e. The Balaban J connectivity index is 2.15. The van der Waals surface area contributed by atoms with Gasteiger partial charge in [0.2, 0.25) is 0 Å². The molecular weight excluding hydrogens is 238 g/mol. The van der Waals surface area contributed by atoms with Crippen LogP contribution in [-0.4, -0.2) is 29.7 Å². The summed E-state index contributed by atoms with van der Waals surface area (Å²) in [4.78, 5) is 8.63. The molecule has 0 spiro atoms. The Morgan fingerprint density at radius 2 is 2.11 bits per heavy atom. The summed E-state index contributed by atoms with van der Waals surface area (Å²) in [5.74, 6) is 0.633. The number of hydrogen-bond donors (Lipinski definition) is 1. The average Bonchev–Trinajstić information content (AvgIpc) is 2.49. The Hall–Kier alpha value is -1.00. The minimum Gasteiger partial charge on any atom is -0.376 e. The molecule has 2 rings (SSSR count). The molecule has 1 aliphatic rings. The maximum absolute atomic E-state index is 6.06. The van der Waals surface area contributed by atoms with Crippen molar-refractivity contribution in [2.45, 2.75) is 51.2 Å². The zero-order valence-corrected chi connectivity index (χ0v) is 12.0. The molecule has 1 saturated carbocycles. The van der Waals surface area contributed by atoms with Gasteiger partial charge in [-0.15, -0.1) is 0 Å². The van der Waals surface area contributed by atoms with Gasteiger partial charge in [-0.05, 0) is 32.7 Å². The molecule has 0 saturated heterocycles. The molecule has 4 nitrogen and oxygen atoms in total. The third-order valence-electron chi connectivity index (χ3n) is 4.01. The fourth-order valence-corrected chi connectivity index (χ4v) is 3.11. The summed E-state index contributed by atoms with van der Waals surface area (Å²) < 4.78 is 6.06. The lowest BCUT2D eigenvalue weighted by Gasteiger charge is -2.35. The zero-order valence-electron chi connectivity index (χ0n) is 12.0. The summed E-state index contributed by atoms with van der Waals surface area (Å²) in [6, 6.07) is 0.136. The van der Waals surface area contributed by atoms with Gasteiger partial charge >= 0.3 is 0 Å². The Morgan fingerprint density at radius 1 is 1.32 bits per heavy atom. The smallest absolute Gasteiger partial charge is 0.0813 e. The molecule has 2 atom stereocenters. The van der Waals surface area contributed by atoms with Gasteiger partial charge < -0.3 is 10.1 Å². The van der Waals surface area contributed by atoms with Crippen molar-refractivity contribution in [2.24, 2.45) is 5.92 Å². The number of ether oxygens (including phenoxy) is 1. The van der Waals surface area contributed by atoms with Crippen molar-refractivity contribution in [2.75, 3.05) is 13.7 Å². The second kappa shape index (κ2) is 7.56. The Kier molecular flexibility index (Phi) is 5.73. The number of aromatic nitrogens is 2. The molecule has 1 N–H and O–H groups in total. The SMILES string of the molecule is CCOC(C1CCCCC1)C(NC)c1cnccn1. The van der Waals surface area contributed by atoms with Crippen molar-refractivity contribution in [3.8, 4) is 0 Å². The van der Waals surface area contributed by atoms with Gasteiger partial charge in [0.25, 0.3) is 0 Å². The first-order valence-corrected chi connectivity index (χ1v) is 7.41. The quantitative estimate of drug-likeness (QED) is 0.857. The van der Waals surface area contributed by atoms with E-state index in [-0.39, 0.29) is 12.1 Å². The lowest BCUT2D eigenvalue weighted by molar-refractivity contribution is -0.0177. The number of nitrogens with zero attached hydrogens (tertiary/aromatic N) is 2. The van der Waals surface area contributed by atoms with Crippen LogP contribution in [0.25, 0.3) is 0 Å². The van der Waals surface area contributed by atoms with E-state index in [4.69, 9.17) is 4.74 Å². The zero-order chi connectivity index (χ0) is 13.5. The minimum atomic E-state index is 0.136. The first kappa shape index (κ1) is 14.4. The van der Waals surface area contributed by atoms with Crippen LogP contribution in [0, 0.1) is 5.92 Å². The van der Waals surface area contributed by atoms with Crippen LogP contribution in [-0.2, 0) is 4.74 Å². The standard InChI is InChI=1S/C15H25N3O/c1-3-19-15(12-7-5-4-6-8-12)14(16-2)13-11-17-9-10-18-13/h9-12,14-16H,3-8H2,1-2H3. The first-order valence-electron chi connectivity index (χ1n) is 7.41. The summed E-state index contributed by atoms with van der Waals surface area (Å²) in [5, 5.41) is 3.37. The summed E-state index contributed by atoms with van der Waals surface area (Å²) in [6.07, 6.45) is 12.1. The highest BCUT2D eigenvalue weighted by Gasteiger charge is 2.32. The van der Waals surface area contributed by atoms with Gasteiger partial charge in [0, 0.05) is 19.0 Å². The van der Waals surface area contributed by atoms with E-state index in [2.05, 4.69) is 22.2 Å². The highest BCUT2D eigenvalue weighted by molar-refractivity contribution is 5.06. The van der Waals surface area contributed by atoms with Gasteiger partial charge in [0.1, 0.15) is 0 Å². The van der Waals surface area contributed by atoms with Gasteiger partial charge in [-0.1, -0.05) is 19.3 Å². The summed E-state index contributed by atoms with van der Waals surface area (Å²) >= 11 is 0. The molecule has 0 bridgehead atoms. The van der Waals surface area contributed by atoms with Gasteiger partial charge in [0.05, 0.1) is 24.0 Å². The van der Waals surface area contributed by atoms with Crippen LogP contribution in [0.3, 0.4) is 0 Å². The van der Waals surface area contributed by atoms with Crippen LogP contribution in [0.4, 0.5) is 0 Å². The van der Waals surface area contributed by atoms with E-state index in [1.165, 1.54) is 32.1 Å². The number of hydrogen-bond acceptors (Lipinski definition) is 4. The number of nitrogens with one attached hydrogen (secondary N) is 1. The van der Waals surface area contributed by atoms with Gasteiger partial charge in [-0.2, -0.15) is 0 Å². The highest BCUT2D eigenvalue weighted by atomic mass is 16.5. The van der Waals surface area contributed by atoms with Crippen LogP contribution in [0.5, 0.6) is 0 Å². The van der Waals surface area contributed by atoms with Crippen molar-refractivity contribution in [3.05, 3.63) is 24.3 Å². The van der Waals surface area contributed by atoms with Gasteiger partial charge in [-0.25, -0.2) is 0 Å². The Bertz CT molecular complexity index is 352. The molecule has 1 aliphatic carbocycles. The average molecular weight is 263 g/mol. The van der Waals surface area contributed by atoms with Crippen molar-refractivity contribution in [3.63, 3.8) is 0 Å². The van der Waals surface area contributed by atoms with Crippen LogP contribution in [0.15, 0.2) is 18.6 Å². The molecule has 4 heteroatoms. The lowest BCUT2D eigenvalue weighted by Crippen LogP contribution is -2.39. The van der Waals surface area contributed by atoms with Crippen molar-refractivity contribution < 1.29 is 4.74 Å². The summed E-state index contributed by atoms with van der Waals surface area (Å²) in [7, 11) is 1.98. The topological polar surface area (TPSA) is 47.0 Å². The van der Waals surface area contributed by atoms with E-state index in [9.17, 15) is 0 Å². The molecule has 0 aromatic carbocycles. The molecule has 1 fully saturated rings. The van der Waals surface area contributed by atoms with Crippen LogP contribution in [0.1, 0.15) is 50.8 Å². The first-order chi connectivity index (χ1) is 9.36. The van der Waals surface area contributed by atoms with E-state index < -0.39 is 0 Å². The van der Waals surface area contributed by atoms with Crippen molar-refractivity contribution >= 4 is 0 Å². The molecule has 0 aliphatic heterocycles. The monoisotopic (exact) mass is 263 g/mol. The number of likely N-dealkylation sites (N-methyl/N-ethyl adjacent to an activating group) is 1. The van der Waals surface area contributed by atoms with E-state index in [1.54, 1.807) is 12.4 Å². The van der Waals surface area contributed by atoms with E-state index in [1.807, 2.05) is 13.2 Å². The van der Waals surface area contributed by atoms with Crippen molar-refractivity contribution in [1.82, 2.24) is 15.3 Å². The third-order valence-corrected chi connectivity index (χ3v) is 4.01. The molecule has 1 aromatic rings. The maximum atomic E-state index is 6.06. The molecule has 0 radical (unpaired) electrons. The predicted octanol–water partition coefficient (Wildman–Crippen LogP) is 2.72. The van der Waals surface area contributed by atoms with E-state index in [0.29, 0.717) is 5.92 Å². The normalized spacial score (nSPS) is 20.1. The fraction of sp³-hybridized carbons (Fsp3) is 0.733. The Labute approximate surface area is 116 Å². The fourth-order valence-electron chi connectivity index (χ4n) is 3.11. The molecule has 106 valence electrons. The highest BCUT2D eigenvalue weighted by Crippen LogP contribution is 2.33. The molecular formula is C15H25N3O. The lowest BCUT2D eigenvalue weighted by atomic mass is 9.82. The molecule has 1 heterocycles. The van der Waals surface area contributed by atoms with E-state index in [0.717, 1.165) is 12.3 Å². The van der Waals surface area contributed by atoms with Gasteiger partial charge in [0.15, 0.2) is 0 Å². The van der Waals surface area contributed by atoms with Crippen molar-refractivity contribution in [1.29, 1.82) is 0 Å². The second-order valence-electron chi connectivity index (χ2n) is 5.21. The predicted molar refractivity (Wildman–Crippen MR) is 75.8 cm³/mol. The summed E-state index contributed by atoms with van der Waals surface area (Å²) in [6.45, 7) is 2.82.